The Bertz CT molecular complexity index is 414. The lowest BCUT2D eigenvalue weighted by atomic mass is 9.96. The third kappa shape index (κ3) is 3.75. The molecule has 1 fully saturated rings. The predicted molar refractivity (Wildman–Crippen MR) is 76.9 cm³/mol. The van der Waals surface area contributed by atoms with E-state index in [-0.39, 0.29) is 5.82 Å². The molecule has 0 radical (unpaired) electrons. The first kappa shape index (κ1) is 14.4. The normalized spacial score (nSPS) is 19.6. The molecular weight excluding hydrogens is 241 g/mol. The van der Waals surface area contributed by atoms with Crippen LogP contribution >= 0.6 is 0 Å². The van der Waals surface area contributed by atoms with Gasteiger partial charge in [0.25, 0.3) is 0 Å². The molecular formula is C15H24FN3. The average Bonchev–Trinajstić information content (AvgIpc) is 2.41. The van der Waals surface area contributed by atoms with Gasteiger partial charge in [-0.3, -0.25) is 0 Å². The number of benzene rings is 1. The molecule has 1 aromatic rings. The molecule has 0 spiro atoms. The predicted octanol–water partition coefficient (Wildman–Crippen LogP) is 1.42. The Morgan fingerprint density at radius 1 is 1.26 bits per heavy atom. The van der Waals surface area contributed by atoms with E-state index in [1.807, 2.05) is 19.1 Å². The Morgan fingerprint density at radius 2 is 1.95 bits per heavy atom. The number of aryl methyl sites for hydroxylation is 1. The number of rotatable bonds is 4. The molecule has 1 unspecified atom stereocenters. The van der Waals surface area contributed by atoms with Crippen molar-refractivity contribution in [3.8, 4) is 0 Å². The summed E-state index contributed by atoms with van der Waals surface area (Å²) in [6, 6.07) is 5.36. The van der Waals surface area contributed by atoms with E-state index in [1.165, 1.54) is 0 Å². The Labute approximate surface area is 115 Å². The van der Waals surface area contributed by atoms with Gasteiger partial charge in [-0.2, -0.15) is 0 Å². The molecule has 1 atom stereocenters. The number of hydrogen-bond acceptors (Lipinski definition) is 3. The number of nitrogens with zero attached hydrogens (tertiary/aromatic N) is 2. The van der Waals surface area contributed by atoms with Gasteiger partial charge in [-0.1, -0.05) is 12.1 Å². The topological polar surface area (TPSA) is 32.5 Å². The Kier molecular flexibility index (Phi) is 4.91. The fourth-order valence-electron chi connectivity index (χ4n) is 2.58. The second kappa shape index (κ2) is 6.46. The van der Waals surface area contributed by atoms with Crippen LogP contribution in [0.1, 0.15) is 17.0 Å². The van der Waals surface area contributed by atoms with Gasteiger partial charge in [-0.05, 0) is 31.2 Å². The van der Waals surface area contributed by atoms with Gasteiger partial charge in [0.2, 0.25) is 0 Å². The van der Waals surface area contributed by atoms with E-state index in [0.29, 0.717) is 18.0 Å². The van der Waals surface area contributed by atoms with E-state index in [4.69, 9.17) is 5.73 Å². The van der Waals surface area contributed by atoms with E-state index in [1.54, 1.807) is 6.07 Å². The van der Waals surface area contributed by atoms with Crippen molar-refractivity contribution in [1.29, 1.82) is 0 Å². The summed E-state index contributed by atoms with van der Waals surface area (Å²) < 4.78 is 13.3. The van der Waals surface area contributed by atoms with Crippen molar-refractivity contribution in [3.63, 3.8) is 0 Å². The van der Waals surface area contributed by atoms with E-state index in [9.17, 15) is 4.39 Å². The summed E-state index contributed by atoms with van der Waals surface area (Å²) in [5.41, 5.74) is 7.76. The number of hydrogen-bond donors (Lipinski definition) is 1. The van der Waals surface area contributed by atoms with Crippen LogP contribution in [-0.2, 0) is 0 Å². The maximum absolute atomic E-state index is 13.3. The monoisotopic (exact) mass is 265 g/mol. The van der Waals surface area contributed by atoms with E-state index < -0.39 is 0 Å². The lowest BCUT2D eigenvalue weighted by Gasteiger charge is -2.34. The van der Waals surface area contributed by atoms with Crippen molar-refractivity contribution < 1.29 is 4.39 Å². The van der Waals surface area contributed by atoms with Crippen LogP contribution in [0.2, 0.25) is 0 Å². The van der Waals surface area contributed by atoms with Gasteiger partial charge < -0.3 is 15.5 Å². The molecule has 2 rings (SSSR count). The van der Waals surface area contributed by atoms with Crippen LogP contribution in [0, 0.1) is 12.7 Å². The second-order valence-corrected chi connectivity index (χ2v) is 5.55. The minimum atomic E-state index is -0.140. The summed E-state index contributed by atoms with van der Waals surface area (Å²) in [7, 11) is 2.15. The fraction of sp³-hybridized carbons (Fsp3) is 0.600. The summed E-state index contributed by atoms with van der Waals surface area (Å²) in [4.78, 5) is 4.80. The molecule has 106 valence electrons. The molecule has 1 aliphatic rings. The molecule has 1 saturated heterocycles. The Morgan fingerprint density at radius 3 is 2.53 bits per heavy atom. The van der Waals surface area contributed by atoms with Gasteiger partial charge in [0.05, 0.1) is 0 Å². The third-order valence-corrected chi connectivity index (χ3v) is 4.01. The molecule has 4 heteroatoms. The summed E-state index contributed by atoms with van der Waals surface area (Å²) in [6.45, 7) is 7.79. The first-order chi connectivity index (χ1) is 9.10. The minimum absolute atomic E-state index is 0.140. The zero-order valence-corrected chi connectivity index (χ0v) is 11.9. The highest BCUT2D eigenvalue weighted by Crippen LogP contribution is 2.19. The number of halogens is 1. The first-order valence-corrected chi connectivity index (χ1v) is 6.97. The largest absolute Gasteiger partial charge is 0.330 e. The Hall–Kier alpha value is -0.970. The summed E-state index contributed by atoms with van der Waals surface area (Å²) in [5.74, 6) is 0.154. The third-order valence-electron chi connectivity index (χ3n) is 4.01. The fourth-order valence-corrected chi connectivity index (χ4v) is 2.58. The van der Waals surface area contributed by atoms with Gasteiger partial charge in [0, 0.05) is 45.2 Å². The number of likely N-dealkylation sites (N-methyl/N-ethyl adjacent to an activating group) is 1. The van der Waals surface area contributed by atoms with Gasteiger partial charge in [0.1, 0.15) is 5.82 Å². The molecule has 0 aliphatic carbocycles. The smallest absolute Gasteiger partial charge is 0.126 e. The molecule has 0 aromatic heterocycles. The van der Waals surface area contributed by atoms with Crippen molar-refractivity contribution in [1.82, 2.24) is 9.80 Å². The van der Waals surface area contributed by atoms with Gasteiger partial charge in [0.15, 0.2) is 0 Å². The van der Waals surface area contributed by atoms with Gasteiger partial charge in [-0.15, -0.1) is 0 Å². The van der Waals surface area contributed by atoms with Crippen molar-refractivity contribution in [2.24, 2.45) is 5.73 Å². The van der Waals surface area contributed by atoms with E-state index >= 15 is 0 Å². The second-order valence-electron chi connectivity index (χ2n) is 5.55. The molecule has 1 aliphatic heterocycles. The highest BCUT2D eigenvalue weighted by molar-refractivity contribution is 5.27. The maximum atomic E-state index is 13.3. The molecule has 0 amide bonds. The average molecular weight is 265 g/mol. The van der Waals surface area contributed by atoms with Crippen LogP contribution in [0.3, 0.4) is 0 Å². The quantitative estimate of drug-likeness (QED) is 0.894. The Balaban J connectivity index is 2.01. The SMILES string of the molecule is Cc1cc(C(CN)CN2CCN(C)CC2)ccc1F. The zero-order valence-electron chi connectivity index (χ0n) is 11.9. The van der Waals surface area contributed by atoms with Crippen LogP contribution < -0.4 is 5.73 Å². The number of piperazine rings is 1. The van der Waals surface area contributed by atoms with Crippen LogP contribution in [0.4, 0.5) is 4.39 Å². The summed E-state index contributed by atoms with van der Waals surface area (Å²) in [5, 5.41) is 0. The summed E-state index contributed by atoms with van der Waals surface area (Å²) in [6.07, 6.45) is 0. The van der Waals surface area contributed by atoms with Crippen LogP contribution in [0.15, 0.2) is 18.2 Å². The van der Waals surface area contributed by atoms with Gasteiger partial charge >= 0.3 is 0 Å². The lowest BCUT2D eigenvalue weighted by molar-refractivity contribution is 0.147. The van der Waals surface area contributed by atoms with E-state index in [2.05, 4.69) is 16.8 Å². The minimum Gasteiger partial charge on any atom is -0.330 e. The summed E-state index contributed by atoms with van der Waals surface area (Å²) >= 11 is 0. The molecule has 2 N–H and O–H groups in total. The molecule has 19 heavy (non-hydrogen) atoms. The number of nitrogens with two attached hydrogens (primary N) is 1. The molecule has 1 aromatic carbocycles. The van der Waals surface area contributed by atoms with Crippen molar-refractivity contribution in [2.45, 2.75) is 12.8 Å². The lowest BCUT2D eigenvalue weighted by Crippen LogP contribution is -2.46. The van der Waals surface area contributed by atoms with Crippen LogP contribution in [-0.4, -0.2) is 56.1 Å². The highest BCUT2D eigenvalue weighted by Gasteiger charge is 2.19. The zero-order chi connectivity index (χ0) is 13.8. The van der Waals surface area contributed by atoms with Crippen LogP contribution in [0.5, 0.6) is 0 Å². The highest BCUT2D eigenvalue weighted by atomic mass is 19.1. The standard InChI is InChI=1S/C15H24FN3/c1-12-9-13(3-4-15(12)16)14(10-17)11-19-7-5-18(2)6-8-19/h3-4,9,14H,5-8,10-11,17H2,1-2H3. The van der Waals surface area contributed by atoms with Crippen molar-refractivity contribution in [3.05, 3.63) is 35.1 Å². The molecule has 0 bridgehead atoms. The molecule has 1 heterocycles. The van der Waals surface area contributed by atoms with Gasteiger partial charge in [-0.25, -0.2) is 4.39 Å². The molecule has 3 nitrogen and oxygen atoms in total. The first-order valence-electron chi connectivity index (χ1n) is 6.97. The van der Waals surface area contributed by atoms with Crippen molar-refractivity contribution >= 4 is 0 Å². The van der Waals surface area contributed by atoms with Crippen molar-refractivity contribution in [2.75, 3.05) is 46.3 Å². The van der Waals surface area contributed by atoms with Crippen LogP contribution in [0.25, 0.3) is 0 Å². The maximum Gasteiger partial charge on any atom is 0.126 e. The molecule has 0 saturated carbocycles. The van der Waals surface area contributed by atoms with E-state index in [0.717, 1.165) is 38.3 Å².